The molecule has 5 heteroatoms. The Balaban J connectivity index is 2.24. The van der Waals surface area contributed by atoms with Crippen molar-refractivity contribution >= 4 is 17.6 Å². The number of nitrogens with two attached hydrogens (primary N) is 1. The van der Waals surface area contributed by atoms with E-state index in [1.54, 1.807) is 23.1 Å². The van der Waals surface area contributed by atoms with Crippen LogP contribution in [0.2, 0.25) is 0 Å². The lowest BCUT2D eigenvalue weighted by atomic mass is 9.89. The van der Waals surface area contributed by atoms with Crippen LogP contribution in [0.15, 0.2) is 24.3 Å². The van der Waals surface area contributed by atoms with Gasteiger partial charge in [0.25, 0.3) is 0 Å². The van der Waals surface area contributed by atoms with Crippen molar-refractivity contribution in [1.82, 2.24) is 0 Å². The number of carboxylic acids is 1. The highest BCUT2D eigenvalue weighted by Crippen LogP contribution is 2.35. The number of carboxylic acid groups (broad SMARTS) is 1. The van der Waals surface area contributed by atoms with Crippen LogP contribution in [0.5, 0.6) is 0 Å². The van der Waals surface area contributed by atoms with Crippen molar-refractivity contribution in [3.63, 3.8) is 0 Å². The molecular weight excluding hydrogens is 268 g/mol. The minimum atomic E-state index is -0.843. The average molecular weight is 290 g/mol. The summed E-state index contributed by atoms with van der Waals surface area (Å²) in [4.78, 5) is 25.5. The summed E-state index contributed by atoms with van der Waals surface area (Å²) in [5.74, 6) is -1.50. The molecule has 2 unspecified atom stereocenters. The molecule has 0 fully saturated rings. The van der Waals surface area contributed by atoms with E-state index in [2.05, 4.69) is 6.92 Å². The molecule has 21 heavy (non-hydrogen) atoms. The average Bonchev–Trinajstić information content (AvgIpc) is 2.50. The second-order valence-electron chi connectivity index (χ2n) is 5.48. The Morgan fingerprint density at radius 2 is 2.14 bits per heavy atom. The molecule has 0 aliphatic carbocycles. The summed E-state index contributed by atoms with van der Waals surface area (Å²) in [6, 6.07) is 6.69. The van der Waals surface area contributed by atoms with Gasteiger partial charge in [-0.3, -0.25) is 9.59 Å². The molecule has 5 nitrogen and oxygen atoms in total. The molecule has 1 aromatic rings. The van der Waals surface area contributed by atoms with Gasteiger partial charge in [0.1, 0.15) is 0 Å². The second kappa shape index (κ2) is 6.72. The molecule has 1 aromatic carbocycles. The highest BCUT2D eigenvalue weighted by Gasteiger charge is 2.33. The molecule has 0 bridgehead atoms. The Bertz CT molecular complexity index is 530. The Kier molecular flexibility index (Phi) is 4.96. The van der Waals surface area contributed by atoms with Crippen molar-refractivity contribution in [3.05, 3.63) is 29.8 Å². The number of carbonyl (C=O) groups is 2. The van der Waals surface area contributed by atoms with Crippen LogP contribution in [0.25, 0.3) is 0 Å². The number of rotatable bonds is 5. The molecular formula is C16H22N2O3. The number of benzene rings is 1. The standard InChI is InChI=1S/C16H22N2O3/c1-2-3-7-13(17)15(19)18-10-9-12(16(20)21)11-6-4-5-8-14(11)18/h4-6,8,12-13H,2-3,7,9-10,17H2,1H3,(H,20,21). The summed E-state index contributed by atoms with van der Waals surface area (Å²) in [5, 5.41) is 9.31. The maximum absolute atomic E-state index is 12.5. The first kappa shape index (κ1) is 15.5. The fraction of sp³-hybridized carbons (Fsp3) is 0.500. The molecule has 0 saturated carbocycles. The van der Waals surface area contributed by atoms with Gasteiger partial charge < -0.3 is 15.7 Å². The van der Waals surface area contributed by atoms with Crippen molar-refractivity contribution in [2.45, 2.75) is 44.6 Å². The lowest BCUT2D eigenvalue weighted by molar-refractivity contribution is -0.139. The Labute approximate surface area is 124 Å². The first-order chi connectivity index (χ1) is 10.1. The van der Waals surface area contributed by atoms with Gasteiger partial charge in [-0.1, -0.05) is 38.0 Å². The van der Waals surface area contributed by atoms with E-state index >= 15 is 0 Å². The molecule has 3 N–H and O–H groups in total. The number of para-hydroxylation sites is 1. The fourth-order valence-corrected chi connectivity index (χ4v) is 2.80. The van der Waals surface area contributed by atoms with Crippen molar-refractivity contribution in [2.75, 3.05) is 11.4 Å². The Hall–Kier alpha value is -1.88. The molecule has 1 amide bonds. The molecule has 1 aliphatic heterocycles. The van der Waals surface area contributed by atoms with Crippen LogP contribution in [-0.2, 0) is 9.59 Å². The van der Waals surface area contributed by atoms with E-state index in [0.29, 0.717) is 30.6 Å². The molecule has 0 aromatic heterocycles. The predicted octanol–water partition coefficient (Wildman–Crippen LogP) is 2.11. The van der Waals surface area contributed by atoms with Crippen LogP contribution in [0.3, 0.4) is 0 Å². The van der Waals surface area contributed by atoms with E-state index < -0.39 is 17.9 Å². The van der Waals surface area contributed by atoms with Gasteiger partial charge in [0.2, 0.25) is 5.91 Å². The van der Waals surface area contributed by atoms with E-state index in [1.165, 1.54) is 0 Å². The van der Waals surface area contributed by atoms with Crippen molar-refractivity contribution in [1.29, 1.82) is 0 Å². The van der Waals surface area contributed by atoms with Crippen LogP contribution in [-0.4, -0.2) is 29.6 Å². The Morgan fingerprint density at radius 1 is 1.43 bits per heavy atom. The number of nitrogens with zero attached hydrogens (tertiary/aromatic N) is 1. The van der Waals surface area contributed by atoms with E-state index in [9.17, 15) is 14.7 Å². The van der Waals surface area contributed by atoms with Crippen LogP contribution in [0.1, 0.15) is 44.1 Å². The number of unbranched alkanes of at least 4 members (excludes halogenated alkanes) is 1. The zero-order valence-corrected chi connectivity index (χ0v) is 12.3. The zero-order valence-electron chi connectivity index (χ0n) is 12.3. The first-order valence-electron chi connectivity index (χ1n) is 7.45. The molecule has 0 saturated heterocycles. The third-order valence-corrected chi connectivity index (χ3v) is 3.99. The van der Waals surface area contributed by atoms with Crippen molar-refractivity contribution in [2.24, 2.45) is 5.73 Å². The smallest absolute Gasteiger partial charge is 0.311 e. The number of aliphatic carboxylic acids is 1. The molecule has 1 aliphatic rings. The van der Waals surface area contributed by atoms with Crippen molar-refractivity contribution < 1.29 is 14.7 Å². The summed E-state index contributed by atoms with van der Waals surface area (Å²) in [6.45, 7) is 2.47. The second-order valence-corrected chi connectivity index (χ2v) is 5.48. The largest absolute Gasteiger partial charge is 0.481 e. The third-order valence-electron chi connectivity index (χ3n) is 3.99. The van der Waals surface area contributed by atoms with Gasteiger partial charge in [-0.2, -0.15) is 0 Å². The monoisotopic (exact) mass is 290 g/mol. The quantitative estimate of drug-likeness (QED) is 0.870. The zero-order chi connectivity index (χ0) is 15.4. The normalized spacial score (nSPS) is 19.0. The summed E-state index contributed by atoms with van der Waals surface area (Å²) >= 11 is 0. The number of anilines is 1. The fourth-order valence-electron chi connectivity index (χ4n) is 2.80. The highest BCUT2D eigenvalue weighted by molar-refractivity contribution is 5.99. The lowest BCUT2D eigenvalue weighted by Crippen LogP contribution is -2.47. The third kappa shape index (κ3) is 3.24. The van der Waals surface area contributed by atoms with E-state index in [-0.39, 0.29) is 5.91 Å². The molecule has 114 valence electrons. The number of amides is 1. The lowest BCUT2D eigenvalue weighted by Gasteiger charge is -2.34. The van der Waals surface area contributed by atoms with E-state index in [0.717, 1.165) is 12.8 Å². The molecule has 1 heterocycles. The summed E-state index contributed by atoms with van der Waals surface area (Å²) in [7, 11) is 0. The first-order valence-corrected chi connectivity index (χ1v) is 7.45. The van der Waals surface area contributed by atoms with Gasteiger partial charge in [0.15, 0.2) is 0 Å². The number of carbonyl (C=O) groups excluding carboxylic acids is 1. The minimum Gasteiger partial charge on any atom is -0.481 e. The maximum atomic E-state index is 12.5. The van der Waals surface area contributed by atoms with E-state index in [1.807, 2.05) is 6.07 Å². The summed E-state index contributed by atoms with van der Waals surface area (Å²) < 4.78 is 0. The van der Waals surface area contributed by atoms with Gasteiger partial charge in [0.05, 0.1) is 12.0 Å². The highest BCUT2D eigenvalue weighted by atomic mass is 16.4. The van der Waals surface area contributed by atoms with Crippen LogP contribution in [0, 0.1) is 0 Å². The molecule has 2 rings (SSSR count). The van der Waals surface area contributed by atoms with Crippen LogP contribution < -0.4 is 10.6 Å². The maximum Gasteiger partial charge on any atom is 0.311 e. The van der Waals surface area contributed by atoms with Gasteiger partial charge in [-0.15, -0.1) is 0 Å². The SMILES string of the molecule is CCCCC(N)C(=O)N1CCC(C(=O)O)c2ccccc21. The number of hydrogen-bond acceptors (Lipinski definition) is 3. The van der Waals surface area contributed by atoms with Crippen LogP contribution >= 0.6 is 0 Å². The number of hydrogen-bond donors (Lipinski definition) is 2. The molecule has 0 spiro atoms. The van der Waals surface area contributed by atoms with Gasteiger partial charge in [-0.25, -0.2) is 0 Å². The van der Waals surface area contributed by atoms with Gasteiger partial charge >= 0.3 is 5.97 Å². The predicted molar refractivity (Wildman–Crippen MR) is 81.3 cm³/mol. The minimum absolute atomic E-state index is 0.111. The van der Waals surface area contributed by atoms with E-state index in [4.69, 9.17) is 5.73 Å². The summed E-state index contributed by atoms with van der Waals surface area (Å²) in [5.41, 5.74) is 7.37. The summed E-state index contributed by atoms with van der Waals surface area (Å²) in [6.07, 6.45) is 3.01. The van der Waals surface area contributed by atoms with Gasteiger partial charge in [-0.05, 0) is 24.5 Å². The number of fused-ring (bicyclic) bond motifs is 1. The van der Waals surface area contributed by atoms with Crippen molar-refractivity contribution in [3.8, 4) is 0 Å². The van der Waals surface area contributed by atoms with Crippen LogP contribution in [0.4, 0.5) is 5.69 Å². The topological polar surface area (TPSA) is 83.6 Å². The molecule has 0 radical (unpaired) electrons. The Morgan fingerprint density at radius 3 is 2.81 bits per heavy atom. The van der Waals surface area contributed by atoms with Gasteiger partial charge in [0, 0.05) is 12.2 Å². The molecule has 2 atom stereocenters.